The molecule has 1 saturated heterocycles. The molecule has 0 bridgehead atoms. The van der Waals surface area contributed by atoms with Crippen LogP contribution in [0.25, 0.3) is 0 Å². The van der Waals surface area contributed by atoms with Crippen molar-refractivity contribution in [3.8, 4) is 0 Å². The zero-order valence-corrected chi connectivity index (χ0v) is 10.5. The molecule has 5 nitrogen and oxygen atoms in total. The van der Waals surface area contributed by atoms with E-state index in [-0.39, 0.29) is 5.56 Å². The zero-order chi connectivity index (χ0) is 12.3. The number of likely N-dealkylation sites (N-methyl/N-ethyl adjacent to an activating group) is 1. The Kier molecular flexibility index (Phi) is 3.78. The summed E-state index contributed by atoms with van der Waals surface area (Å²) in [6, 6.07) is 2.08. The Balaban J connectivity index is 1.95. The van der Waals surface area contributed by atoms with Crippen LogP contribution in [0.15, 0.2) is 10.9 Å². The normalized spacial score (nSPS) is 20.7. The maximum Gasteiger partial charge on any atom is 0.252 e. The van der Waals surface area contributed by atoms with E-state index in [2.05, 4.69) is 27.1 Å². The lowest BCUT2D eigenvalue weighted by molar-refractivity contribution is 0.277. The summed E-state index contributed by atoms with van der Waals surface area (Å²) >= 11 is 0. The maximum absolute atomic E-state index is 11.3. The predicted molar refractivity (Wildman–Crippen MR) is 68.4 cm³/mol. The molecule has 0 saturated carbocycles. The number of H-pyrrole nitrogens is 1. The molecular formula is C12H20N4O. The summed E-state index contributed by atoms with van der Waals surface area (Å²) in [5, 5.41) is 3.26. The third kappa shape index (κ3) is 3.06. The quantitative estimate of drug-likeness (QED) is 0.818. The number of aromatic nitrogens is 2. The van der Waals surface area contributed by atoms with Crippen molar-refractivity contribution in [3.63, 3.8) is 0 Å². The fourth-order valence-corrected chi connectivity index (χ4v) is 2.44. The molecule has 1 atom stereocenters. The summed E-state index contributed by atoms with van der Waals surface area (Å²) in [5.74, 6) is 1.33. The van der Waals surface area contributed by atoms with Gasteiger partial charge in [-0.05, 0) is 32.9 Å². The minimum absolute atomic E-state index is 0.0984. The Morgan fingerprint density at radius 3 is 3.18 bits per heavy atom. The number of likely N-dealkylation sites (tertiary alicyclic amines) is 1. The Morgan fingerprint density at radius 1 is 1.65 bits per heavy atom. The lowest BCUT2D eigenvalue weighted by Crippen LogP contribution is -2.35. The fraction of sp³-hybridized carbons (Fsp3) is 0.667. The molecule has 1 fully saturated rings. The van der Waals surface area contributed by atoms with Crippen molar-refractivity contribution < 1.29 is 0 Å². The molecule has 2 rings (SSSR count). The maximum atomic E-state index is 11.3. The van der Waals surface area contributed by atoms with Gasteiger partial charge in [0.25, 0.3) is 5.56 Å². The number of nitrogens with zero attached hydrogens (tertiary/aromatic N) is 2. The number of nitrogens with one attached hydrogen (secondary N) is 2. The van der Waals surface area contributed by atoms with E-state index >= 15 is 0 Å². The lowest BCUT2D eigenvalue weighted by Gasteiger charge is -2.23. The molecule has 17 heavy (non-hydrogen) atoms. The summed E-state index contributed by atoms with van der Waals surface area (Å²) in [5.41, 5.74) is -0.0984. The van der Waals surface area contributed by atoms with Gasteiger partial charge >= 0.3 is 0 Å². The van der Waals surface area contributed by atoms with Crippen molar-refractivity contribution in [3.05, 3.63) is 22.2 Å². The molecule has 0 aromatic carbocycles. The van der Waals surface area contributed by atoms with Crippen LogP contribution in [0.1, 0.15) is 25.6 Å². The fourth-order valence-electron chi connectivity index (χ4n) is 2.44. The van der Waals surface area contributed by atoms with Crippen molar-refractivity contribution in [2.75, 3.05) is 25.0 Å². The molecule has 0 radical (unpaired) electrons. The molecule has 2 heterocycles. The Morgan fingerprint density at radius 2 is 2.47 bits per heavy atom. The summed E-state index contributed by atoms with van der Waals surface area (Å²) < 4.78 is 0. The highest BCUT2D eigenvalue weighted by Gasteiger charge is 2.22. The second-order valence-electron chi connectivity index (χ2n) is 4.52. The van der Waals surface area contributed by atoms with E-state index in [1.807, 2.05) is 0 Å². The second kappa shape index (κ2) is 5.31. The van der Waals surface area contributed by atoms with Crippen LogP contribution in [-0.4, -0.2) is 40.5 Å². The third-order valence-corrected chi connectivity index (χ3v) is 3.28. The average molecular weight is 236 g/mol. The summed E-state index contributed by atoms with van der Waals surface area (Å²) in [6.07, 6.45) is 2.49. The van der Waals surface area contributed by atoms with Crippen LogP contribution in [0.5, 0.6) is 0 Å². The van der Waals surface area contributed by atoms with Crippen LogP contribution in [0.4, 0.5) is 5.82 Å². The smallest absolute Gasteiger partial charge is 0.252 e. The summed E-state index contributed by atoms with van der Waals surface area (Å²) in [6.45, 7) is 7.12. The Hall–Kier alpha value is -1.36. The van der Waals surface area contributed by atoms with Gasteiger partial charge in [-0.1, -0.05) is 6.92 Å². The van der Waals surface area contributed by atoms with Crippen LogP contribution in [0.2, 0.25) is 0 Å². The second-order valence-corrected chi connectivity index (χ2v) is 4.52. The van der Waals surface area contributed by atoms with Crippen LogP contribution in [0, 0.1) is 6.92 Å². The van der Waals surface area contributed by atoms with E-state index in [0.717, 1.165) is 13.1 Å². The first kappa shape index (κ1) is 12.1. The number of aromatic amines is 1. The van der Waals surface area contributed by atoms with Crippen molar-refractivity contribution in [1.82, 2.24) is 14.9 Å². The molecule has 0 aliphatic carbocycles. The van der Waals surface area contributed by atoms with E-state index < -0.39 is 0 Å². The molecular weight excluding hydrogens is 216 g/mol. The van der Waals surface area contributed by atoms with Crippen LogP contribution in [-0.2, 0) is 0 Å². The van der Waals surface area contributed by atoms with E-state index in [4.69, 9.17) is 0 Å². The zero-order valence-electron chi connectivity index (χ0n) is 10.5. The van der Waals surface area contributed by atoms with Crippen LogP contribution >= 0.6 is 0 Å². The van der Waals surface area contributed by atoms with Crippen molar-refractivity contribution >= 4 is 5.82 Å². The standard InChI is InChI=1S/C12H20N4O/c1-3-16-6-4-5-10(16)8-13-11-7-12(17)15-9(2)14-11/h7,10H,3-6,8H2,1-2H3,(H2,13,14,15,17). The van der Waals surface area contributed by atoms with Gasteiger partial charge in [-0.2, -0.15) is 0 Å². The largest absolute Gasteiger partial charge is 0.368 e. The summed E-state index contributed by atoms with van der Waals surface area (Å²) in [7, 11) is 0. The number of rotatable bonds is 4. The van der Waals surface area contributed by atoms with Crippen molar-refractivity contribution in [1.29, 1.82) is 0 Å². The molecule has 1 aromatic rings. The average Bonchev–Trinajstić information content (AvgIpc) is 2.72. The number of hydrogen-bond acceptors (Lipinski definition) is 4. The first-order valence-corrected chi connectivity index (χ1v) is 6.25. The van der Waals surface area contributed by atoms with Gasteiger partial charge in [-0.15, -0.1) is 0 Å². The van der Waals surface area contributed by atoms with Gasteiger partial charge in [0.1, 0.15) is 11.6 Å². The highest BCUT2D eigenvalue weighted by atomic mass is 16.1. The molecule has 2 N–H and O–H groups in total. The monoisotopic (exact) mass is 236 g/mol. The SMILES string of the molecule is CCN1CCCC1CNc1cc(=O)[nH]c(C)n1. The van der Waals surface area contributed by atoms with E-state index in [1.54, 1.807) is 6.92 Å². The molecule has 1 aliphatic rings. The molecule has 1 aromatic heterocycles. The third-order valence-electron chi connectivity index (χ3n) is 3.28. The Bertz CT molecular complexity index is 429. The Labute approximate surface area is 101 Å². The van der Waals surface area contributed by atoms with Crippen LogP contribution < -0.4 is 10.9 Å². The van der Waals surface area contributed by atoms with Crippen molar-refractivity contribution in [2.45, 2.75) is 32.7 Å². The first-order chi connectivity index (χ1) is 8.19. The van der Waals surface area contributed by atoms with Gasteiger partial charge in [0.15, 0.2) is 0 Å². The van der Waals surface area contributed by atoms with Gasteiger partial charge in [0, 0.05) is 18.7 Å². The number of aryl methyl sites for hydroxylation is 1. The highest BCUT2D eigenvalue weighted by Crippen LogP contribution is 2.16. The van der Waals surface area contributed by atoms with Gasteiger partial charge in [0.05, 0.1) is 0 Å². The molecule has 0 amide bonds. The van der Waals surface area contributed by atoms with Gasteiger partial charge < -0.3 is 10.3 Å². The van der Waals surface area contributed by atoms with E-state index in [1.165, 1.54) is 25.5 Å². The molecule has 5 heteroatoms. The van der Waals surface area contributed by atoms with Crippen LogP contribution in [0.3, 0.4) is 0 Å². The van der Waals surface area contributed by atoms with Gasteiger partial charge in [0.2, 0.25) is 0 Å². The van der Waals surface area contributed by atoms with E-state index in [9.17, 15) is 4.79 Å². The molecule has 1 aliphatic heterocycles. The number of hydrogen-bond donors (Lipinski definition) is 2. The van der Waals surface area contributed by atoms with Crippen molar-refractivity contribution in [2.24, 2.45) is 0 Å². The minimum atomic E-state index is -0.0984. The molecule has 94 valence electrons. The minimum Gasteiger partial charge on any atom is -0.368 e. The van der Waals surface area contributed by atoms with Gasteiger partial charge in [-0.3, -0.25) is 9.69 Å². The topological polar surface area (TPSA) is 61.0 Å². The highest BCUT2D eigenvalue weighted by molar-refractivity contribution is 5.33. The molecule has 1 unspecified atom stereocenters. The predicted octanol–water partition coefficient (Wildman–Crippen LogP) is 0.975. The van der Waals surface area contributed by atoms with E-state index in [0.29, 0.717) is 17.7 Å². The summed E-state index contributed by atoms with van der Waals surface area (Å²) in [4.78, 5) is 20.6. The first-order valence-electron chi connectivity index (χ1n) is 6.25. The number of anilines is 1. The lowest BCUT2D eigenvalue weighted by atomic mass is 10.2. The van der Waals surface area contributed by atoms with Gasteiger partial charge in [-0.25, -0.2) is 4.98 Å². The molecule has 0 spiro atoms.